The van der Waals surface area contributed by atoms with Crippen molar-refractivity contribution in [3.8, 4) is 28.3 Å². The van der Waals surface area contributed by atoms with Gasteiger partial charge in [-0.2, -0.15) is 0 Å². The monoisotopic (exact) mass is 319 g/mol. The predicted octanol–water partition coefficient (Wildman–Crippen LogP) is 3.87. The molecule has 1 amide bonds. The van der Waals surface area contributed by atoms with Crippen molar-refractivity contribution in [2.45, 2.75) is 0 Å². The molecular weight excluding hydrogens is 302 g/mol. The normalized spacial score (nSPS) is 10.2. The van der Waals surface area contributed by atoms with Gasteiger partial charge in [-0.25, -0.2) is 4.79 Å². The number of nitrogens with zero attached hydrogens (tertiary/aromatic N) is 3. The molecule has 3 rings (SSSR count). The van der Waals surface area contributed by atoms with Crippen molar-refractivity contribution < 1.29 is 9.53 Å². The summed E-state index contributed by atoms with van der Waals surface area (Å²) in [7, 11) is 3.27. The van der Waals surface area contributed by atoms with Crippen LogP contribution in [-0.2, 0) is 0 Å². The SMILES string of the molecule is CN(C)C(=O)Oc1cc(-c2ccccc2)nnc1-c1ccccc1. The second-order valence-electron chi connectivity index (χ2n) is 5.44. The summed E-state index contributed by atoms with van der Waals surface area (Å²) in [6.07, 6.45) is -0.459. The Balaban J connectivity index is 2.07. The Hall–Kier alpha value is -3.21. The van der Waals surface area contributed by atoms with Crippen LogP contribution >= 0.6 is 0 Å². The van der Waals surface area contributed by atoms with Crippen LogP contribution in [0.5, 0.6) is 5.75 Å². The minimum absolute atomic E-state index is 0.383. The van der Waals surface area contributed by atoms with Crippen LogP contribution < -0.4 is 4.74 Å². The van der Waals surface area contributed by atoms with Crippen LogP contribution in [0, 0.1) is 0 Å². The summed E-state index contributed by atoms with van der Waals surface area (Å²) in [5.41, 5.74) is 2.93. The molecule has 0 N–H and O–H groups in total. The predicted molar refractivity (Wildman–Crippen MR) is 92.6 cm³/mol. The highest BCUT2D eigenvalue weighted by molar-refractivity contribution is 5.76. The van der Waals surface area contributed by atoms with Gasteiger partial charge in [0.15, 0.2) is 5.75 Å². The van der Waals surface area contributed by atoms with E-state index in [1.54, 1.807) is 20.2 Å². The number of ether oxygens (including phenoxy) is 1. The van der Waals surface area contributed by atoms with E-state index >= 15 is 0 Å². The quantitative estimate of drug-likeness (QED) is 0.735. The third kappa shape index (κ3) is 3.41. The fourth-order valence-electron chi connectivity index (χ4n) is 2.18. The maximum Gasteiger partial charge on any atom is 0.414 e. The number of hydrogen-bond acceptors (Lipinski definition) is 4. The van der Waals surface area contributed by atoms with Gasteiger partial charge in [-0.1, -0.05) is 60.7 Å². The molecule has 0 aliphatic carbocycles. The molecule has 1 heterocycles. The maximum atomic E-state index is 12.0. The zero-order chi connectivity index (χ0) is 16.9. The Bertz CT molecular complexity index is 834. The van der Waals surface area contributed by atoms with E-state index in [1.807, 2.05) is 60.7 Å². The van der Waals surface area contributed by atoms with E-state index in [-0.39, 0.29) is 0 Å². The molecule has 5 heteroatoms. The molecule has 0 saturated heterocycles. The number of benzene rings is 2. The van der Waals surface area contributed by atoms with Gasteiger partial charge < -0.3 is 9.64 Å². The van der Waals surface area contributed by atoms with Gasteiger partial charge in [-0.15, -0.1) is 10.2 Å². The molecule has 0 spiro atoms. The zero-order valence-corrected chi connectivity index (χ0v) is 13.5. The first-order valence-corrected chi connectivity index (χ1v) is 7.53. The summed E-state index contributed by atoms with van der Waals surface area (Å²) < 4.78 is 5.51. The average molecular weight is 319 g/mol. The molecule has 1 aromatic heterocycles. The summed E-state index contributed by atoms with van der Waals surface area (Å²) in [5, 5.41) is 8.58. The zero-order valence-electron chi connectivity index (χ0n) is 13.5. The van der Waals surface area contributed by atoms with E-state index in [9.17, 15) is 4.79 Å². The Labute approximate surface area is 140 Å². The lowest BCUT2D eigenvalue weighted by Gasteiger charge is -2.14. The van der Waals surface area contributed by atoms with E-state index in [0.717, 1.165) is 11.1 Å². The molecule has 0 fully saturated rings. The highest BCUT2D eigenvalue weighted by Gasteiger charge is 2.16. The standard InChI is InChI=1S/C19H17N3O2/c1-22(2)19(23)24-17-13-16(14-9-5-3-6-10-14)20-21-18(17)15-11-7-4-8-12-15/h3-13H,1-2H3. The Kier molecular flexibility index (Phi) is 4.52. The largest absolute Gasteiger partial charge is 0.414 e. The van der Waals surface area contributed by atoms with Crippen LogP contribution in [0.2, 0.25) is 0 Å². The lowest BCUT2D eigenvalue weighted by Crippen LogP contribution is -2.25. The third-order valence-corrected chi connectivity index (χ3v) is 3.44. The molecule has 5 nitrogen and oxygen atoms in total. The number of carbonyl (C=O) groups excluding carboxylic acids is 1. The average Bonchev–Trinajstić information content (AvgIpc) is 2.63. The van der Waals surface area contributed by atoms with Crippen LogP contribution in [0.4, 0.5) is 4.79 Å². The van der Waals surface area contributed by atoms with Gasteiger partial charge in [0.1, 0.15) is 5.69 Å². The van der Waals surface area contributed by atoms with Gasteiger partial charge in [-0.05, 0) is 0 Å². The molecule has 2 aromatic carbocycles. The molecule has 0 bridgehead atoms. The van der Waals surface area contributed by atoms with E-state index in [2.05, 4.69) is 10.2 Å². The fraction of sp³-hybridized carbons (Fsp3) is 0.105. The van der Waals surface area contributed by atoms with Gasteiger partial charge in [-0.3, -0.25) is 0 Å². The summed E-state index contributed by atoms with van der Waals surface area (Å²) >= 11 is 0. The van der Waals surface area contributed by atoms with Crippen LogP contribution in [0.1, 0.15) is 0 Å². The molecule has 0 unspecified atom stereocenters. The second kappa shape index (κ2) is 6.91. The first-order chi connectivity index (χ1) is 11.6. The van der Waals surface area contributed by atoms with E-state index in [1.165, 1.54) is 4.90 Å². The van der Waals surface area contributed by atoms with Crippen LogP contribution in [0.3, 0.4) is 0 Å². The smallest absolute Gasteiger partial charge is 0.408 e. The summed E-state index contributed by atoms with van der Waals surface area (Å²) in [4.78, 5) is 13.4. The van der Waals surface area contributed by atoms with Crippen molar-refractivity contribution in [2.24, 2.45) is 0 Å². The molecule has 120 valence electrons. The molecule has 0 aliphatic rings. The summed E-state index contributed by atoms with van der Waals surface area (Å²) in [6, 6.07) is 20.9. The van der Waals surface area contributed by atoms with E-state index in [0.29, 0.717) is 17.1 Å². The van der Waals surface area contributed by atoms with Gasteiger partial charge >= 0.3 is 6.09 Å². The molecule has 0 atom stereocenters. The fourth-order valence-corrected chi connectivity index (χ4v) is 2.18. The Morgan fingerprint density at radius 2 is 1.46 bits per heavy atom. The van der Waals surface area contributed by atoms with E-state index in [4.69, 9.17) is 4.74 Å². The lowest BCUT2D eigenvalue weighted by atomic mass is 10.1. The molecule has 0 radical (unpaired) electrons. The van der Waals surface area contributed by atoms with Crippen molar-refractivity contribution in [1.82, 2.24) is 15.1 Å². The maximum absolute atomic E-state index is 12.0. The van der Waals surface area contributed by atoms with Gasteiger partial charge in [0, 0.05) is 31.3 Å². The second-order valence-corrected chi connectivity index (χ2v) is 5.44. The molecule has 24 heavy (non-hydrogen) atoms. The van der Waals surface area contributed by atoms with Gasteiger partial charge in [0.2, 0.25) is 0 Å². The topological polar surface area (TPSA) is 55.3 Å². The van der Waals surface area contributed by atoms with Crippen molar-refractivity contribution >= 4 is 6.09 Å². The third-order valence-electron chi connectivity index (χ3n) is 3.44. The molecule has 0 aliphatic heterocycles. The summed E-state index contributed by atoms with van der Waals surface area (Å²) in [5.74, 6) is 0.383. The Morgan fingerprint density at radius 1 is 0.875 bits per heavy atom. The highest BCUT2D eigenvalue weighted by atomic mass is 16.6. The Morgan fingerprint density at radius 3 is 2.04 bits per heavy atom. The number of hydrogen-bond donors (Lipinski definition) is 0. The minimum Gasteiger partial charge on any atom is -0.408 e. The van der Waals surface area contributed by atoms with E-state index < -0.39 is 6.09 Å². The summed E-state index contributed by atoms with van der Waals surface area (Å²) in [6.45, 7) is 0. The van der Waals surface area contributed by atoms with Crippen LogP contribution in [-0.4, -0.2) is 35.3 Å². The van der Waals surface area contributed by atoms with Crippen LogP contribution in [0.25, 0.3) is 22.5 Å². The van der Waals surface area contributed by atoms with Crippen LogP contribution in [0.15, 0.2) is 66.7 Å². The van der Waals surface area contributed by atoms with Crippen molar-refractivity contribution in [3.05, 3.63) is 66.7 Å². The highest BCUT2D eigenvalue weighted by Crippen LogP contribution is 2.30. The van der Waals surface area contributed by atoms with Crippen molar-refractivity contribution in [3.63, 3.8) is 0 Å². The molecule has 0 saturated carbocycles. The van der Waals surface area contributed by atoms with Gasteiger partial charge in [0.05, 0.1) is 5.69 Å². The molecular formula is C19H17N3O2. The first kappa shape index (κ1) is 15.7. The molecule has 3 aromatic rings. The van der Waals surface area contributed by atoms with Crippen molar-refractivity contribution in [1.29, 1.82) is 0 Å². The number of aromatic nitrogens is 2. The van der Waals surface area contributed by atoms with Crippen molar-refractivity contribution in [2.75, 3.05) is 14.1 Å². The lowest BCUT2D eigenvalue weighted by molar-refractivity contribution is 0.172. The first-order valence-electron chi connectivity index (χ1n) is 7.53. The van der Waals surface area contributed by atoms with Gasteiger partial charge in [0.25, 0.3) is 0 Å². The number of amides is 1. The number of carbonyl (C=O) groups is 1. The minimum atomic E-state index is -0.459. The number of rotatable bonds is 3.